The van der Waals surface area contributed by atoms with Crippen molar-refractivity contribution in [1.29, 1.82) is 0 Å². The first-order valence-electron chi connectivity index (χ1n) is 5.36. The van der Waals surface area contributed by atoms with Crippen LogP contribution in [0.15, 0.2) is 29.3 Å². The smallest absolute Gasteiger partial charge is 0.188 e. The lowest BCUT2D eigenvalue weighted by molar-refractivity contribution is 0.245. The molecule has 0 spiro atoms. The molecule has 1 heterocycles. The van der Waals surface area contributed by atoms with E-state index in [2.05, 4.69) is 0 Å². The van der Waals surface area contributed by atoms with Gasteiger partial charge in [0.05, 0.1) is 21.9 Å². The van der Waals surface area contributed by atoms with Crippen molar-refractivity contribution in [2.45, 2.75) is 24.8 Å². The Morgan fingerprint density at radius 1 is 1.41 bits per heavy atom. The van der Waals surface area contributed by atoms with Crippen LogP contribution in [0.5, 0.6) is 5.75 Å². The maximum absolute atomic E-state index is 11.3. The molecular formula is C12H15NO3S. The molecule has 0 fully saturated rings. The van der Waals surface area contributed by atoms with Crippen LogP contribution in [0, 0.1) is 0 Å². The third-order valence-corrected chi connectivity index (χ3v) is 3.18. The van der Waals surface area contributed by atoms with Gasteiger partial charge in [0, 0.05) is 13.2 Å². The first kappa shape index (κ1) is 12.1. The van der Waals surface area contributed by atoms with Crippen molar-refractivity contribution in [3.05, 3.63) is 24.4 Å². The van der Waals surface area contributed by atoms with Gasteiger partial charge in [-0.25, -0.2) is 4.21 Å². The molecule has 0 radical (unpaired) electrons. The molecule has 1 atom stereocenters. The second kappa shape index (κ2) is 4.50. The van der Waals surface area contributed by atoms with Crippen LogP contribution in [0.1, 0.15) is 13.8 Å². The highest BCUT2D eigenvalue weighted by Crippen LogP contribution is 2.32. The molecule has 0 aliphatic carbocycles. The predicted octanol–water partition coefficient (Wildman–Crippen LogP) is 2.55. The van der Waals surface area contributed by atoms with Crippen molar-refractivity contribution in [1.82, 2.24) is 4.57 Å². The molecule has 1 aromatic carbocycles. The number of aryl methyl sites for hydroxylation is 1. The summed E-state index contributed by atoms with van der Waals surface area (Å²) in [6, 6.07) is 5.60. The Hall–Kier alpha value is -1.33. The van der Waals surface area contributed by atoms with E-state index in [0.717, 1.165) is 5.52 Å². The fourth-order valence-electron chi connectivity index (χ4n) is 1.86. The largest absolute Gasteiger partial charge is 0.490 e. The van der Waals surface area contributed by atoms with Gasteiger partial charge in [0.1, 0.15) is 5.75 Å². The van der Waals surface area contributed by atoms with Gasteiger partial charge in [-0.15, -0.1) is 0 Å². The summed E-state index contributed by atoms with van der Waals surface area (Å²) < 4.78 is 28.1. The fraction of sp³-hybridized carbons (Fsp3) is 0.333. The van der Waals surface area contributed by atoms with Gasteiger partial charge in [-0.05, 0) is 26.0 Å². The average Bonchev–Trinajstić information content (AvgIpc) is 2.57. The average molecular weight is 253 g/mol. The minimum atomic E-state index is -2.01. The Labute approximate surface area is 102 Å². The lowest BCUT2D eigenvalue weighted by Crippen LogP contribution is -2.06. The first-order chi connectivity index (χ1) is 8.00. The number of hydrogen-bond donors (Lipinski definition) is 1. The molecular weight excluding hydrogens is 238 g/mol. The highest BCUT2D eigenvalue weighted by atomic mass is 32.2. The molecule has 2 rings (SSSR count). The molecule has 1 aromatic heterocycles. The summed E-state index contributed by atoms with van der Waals surface area (Å²) in [5.74, 6) is 0.649. The van der Waals surface area contributed by atoms with E-state index in [1.54, 1.807) is 6.20 Å². The highest BCUT2D eigenvalue weighted by molar-refractivity contribution is 7.79. The van der Waals surface area contributed by atoms with Crippen LogP contribution in [0.4, 0.5) is 0 Å². The van der Waals surface area contributed by atoms with Gasteiger partial charge in [-0.3, -0.25) is 0 Å². The van der Waals surface area contributed by atoms with Crippen molar-refractivity contribution in [3.8, 4) is 5.75 Å². The van der Waals surface area contributed by atoms with Gasteiger partial charge >= 0.3 is 0 Å². The highest BCUT2D eigenvalue weighted by Gasteiger charge is 2.16. The van der Waals surface area contributed by atoms with Crippen LogP contribution in [0.25, 0.3) is 10.9 Å². The molecule has 0 amide bonds. The van der Waals surface area contributed by atoms with Crippen molar-refractivity contribution in [2.24, 2.45) is 7.05 Å². The van der Waals surface area contributed by atoms with Crippen LogP contribution < -0.4 is 4.74 Å². The molecule has 0 saturated heterocycles. The van der Waals surface area contributed by atoms with Crippen molar-refractivity contribution >= 4 is 22.0 Å². The van der Waals surface area contributed by atoms with Gasteiger partial charge < -0.3 is 13.9 Å². The van der Waals surface area contributed by atoms with Gasteiger partial charge in [-0.2, -0.15) is 0 Å². The maximum Gasteiger partial charge on any atom is 0.188 e. The molecule has 0 saturated carbocycles. The van der Waals surface area contributed by atoms with E-state index in [1.807, 2.05) is 43.7 Å². The number of rotatable bonds is 3. The second-order valence-electron chi connectivity index (χ2n) is 4.17. The van der Waals surface area contributed by atoms with E-state index in [-0.39, 0.29) is 6.10 Å². The molecule has 17 heavy (non-hydrogen) atoms. The van der Waals surface area contributed by atoms with Crippen LogP contribution >= 0.6 is 0 Å². The molecule has 0 bridgehead atoms. The summed E-state index contributed by atoms with van der Waals surface area (Å²) in [7, 11) is 1.85. The van der Waals surface area contributed by atoms with Crippen LogP contribution in [0.2, 0.25) is 0 Å². The SMILES string of the molecule is CC(C)Oc1cccc2c1c(S(=O)O)cn2C. The van der Waals surface area contributed by atoms with E-state index in [0.29, 0.717) is 16.0 Å². The summed E-state index contributed by atoms with van der Waals surface area (Å²) in [5.41, 5.74) is 0.889. The number of hydrogen-bond acceptors (Lipinski definition) is 2. The zero-order chi connectivity index (χ0) is 12.6. The zero-order valence-corrected chi connectivity index (χ0v) is 10.8. The van der Waals surface area contributed by atoms with Gasteiger partial charge in [-0.1, -0.05) is 6.07 Å². The number of nitrogens with zero attached hydrogens (tertiary/aromatic N) is 1. The third-order valence-electron chi connectivity index (χ3n) is 2.49. The standard InChI is InChI=1S/C12H15NO3S/c1-8(2)16-10-6-4-5-9-12(10)11(17(14)15)7-13(9)3/h4-8H,1-3H3,(H,14,15). The molecule has 1 N–H and O–H groups in total. The lowest BCUT2D eigenvalue weighted by Gasteiger charge is -2.11. The van der Waals surface area contributed by atoms with Crippen LogP contribution in [0.3, 0.4) is 0 Å². The molecule has 0 aliphatic rings. The Morgan fingerprint density at radius 2 is 2.12 bits per heavy atom. The van der Waals surface area contributed by atoms with Crippen LogP contribution in [-0.4, -0.2) is 19.4 Å². The Balaban J connectivity index is 2.72. The predicted molar refractivity (Wildman–Crippen MR) is 67.7 cm³/mol. The van der Waals surface area contributed by atoms with Crippen molar-refractivity contribution < 1.29 is 13.5 Å². The molecule has 0 aliphatic heterocycles. The Morgan fingerprint density at radius 3 is 2.71 bits per heavy atom. The van der Waals surface area contributed by atoms with Gasteiger partial charge in [0.25, 0.3) is 0 Å². The number of benzene rings is 1. The summed E-state index contributed by atoms with van der Waals surface area (Å²) >= 11 is -2.01. The summed E-state index contributed by atoms with van der Waals surface area (Å²) in [4.78, 5) is 0.388. The monoisotopic (exact) mass is 253 g/mol. The number of ether oxygens (including phenoxy) is 1. The van der Waals surface area contributed by atoms with E-state index in [1.165, 1.54) is 0 Å². The van der Waals surface area contributed by atoms with Crippen LogP contribution in [-0.2, 0) is 18.1 Å². The quantitative estimate of drug-likeness (QED) is 0.855. The van der Waals surface area contributed by atoms with Crippen molar-refractivity contribution in [2.75, 3.05) is 0 Å². The molecule has 4 nitrogen and oxygen atoms in total. The third kappa shape index (κ3) is 2.21. The molecule has 5 heteroatoms. The first-order valence-corrected chi connectivity index (χ1v) is 6.47. The topological polar surface area (TPSA) is 51.5 Å². The number of aromatic nitrogens is 1. The van der Waals surface area contributed by atoms with Gasteiger partial charge in [0.15, 0.2) is 11.1 Å². The fourth-order valence-corrected chi connectivity index (χ4v) is 2.48. The van der Waals surface area contributed by atoms with E-state index < -0.39 is 11.1 Å². The molecule has 1 unspecified atom stereocenters. The molecule has 92 valence electrons. The Bertz CT molecular complexity index is 574. The minimum absolute atomic E-state index is 0.0285. The minimum Gasteiger partial charge on any atom is -0.490 e. The normalized spacial score (nSPS) is 13.2. The van der Waals surface area contributed by atoms with Crippen molar-refractivity contribution in [3.63, 3.8) is 0 Å². The summed E-state index contributed by atoms with van der Waals surface area (Å²) in [5, 5.41) is 0.713. The van der Waals surface area contributed by atoms with E-state index >= 15 is 0 Å². The summed E-state index contributed by atoms with van der Waals surface area (Å²) in [6.07, 6.45) is 1.69. The number of fused-ring (bicyclic) bond motifs is 1. The molecule has 2 aromatic rings. The van der Waals surface area contributed by atoms with E-state index in [9.17, 15) is 8.76 Å². The zero-order valence-electron chi connectivity index (χ0n) is 10.0. The van der Waals surface area contributed by atoms with E-state index in [4.69, 9.17) is 4.74 Å². The second-order valence-corrected chi connectivity index (χ2v) is 5.11. The summed E-state index contributed by atoms with van der Waals surface area (Å²) in [6.45, 7) is 3.86. The van der Waals surface area contributed by atoms with Gasteiger partial charge in [0.2, 0.25) is 0 Å². The Kier molecular flexibility index (Phi) is 3.22. The maximum atomic E-state index is 11.3. The lowest BCUT2D eigenvalue weighted by atomic mass is 10.2.